The normalized spacial score (nSPS) is 28.2. The van der Waals surface area contributed by atoms with E-state index in [2.05, 4.69) is 5.32 Å². The molecular formula is C13H22N2O4. The quantitative estimate of drug-likeness (QED) is 0.705. The highest BCUT2D eigenvalue weighted by molar-refractivity contribution is 5.80. The minimum atomic E-state index is -0.504. The van der Waals surface area contributed by atoms with E-state index in [0.29, 0.717) is 32.7 Å². The van der Waals surface area contributed by atoms with Crippen molar-refractivity contribution in [1.29, 1.82) is 0 Å². The van der Waals surface area contributed by atoms with Crippen LogP contribution in [0.1, 0.15) is 27.2 Å². The topological polar surface area (TPSA) is 67.9 Å². The van der Waals surface area contributed by atoms with Crippen molar-refractivity contribution < 1.29 is 19.1 Å². The molecule has 108 valence electrons. The molecule has 19 heavy (non-hydrogen) atoms. The Hall–Kier alpha value is -1.30. The highest BCUT2D eigenvalue weighted by Crippen LogP contribution is 2.23. The number of piperidine rings is 1. The number of amides is 2. The van der Waals surface area contributed by atoms with Crippen LogP contribution in [0.25, 0.3) is 0 Å². The summed E-state index contributed by atoms with van der Waals surface area (Å²) in [5.74, 6) is -0.118. The van der Waals surface area contributed by atoms with E-state index in [1.54, 1.807) is 4.90 Å². The van der Waals surface area contributed by atoms with Crippen LogP contribution in [0.5, 0.6) is 0 Å². The lowest BCUT2D eigenvalue weighted by Crippen LogP contribution is -2.51. The SMILES string of the molecule is CC(C)(C)OC(=O)N1CC[C@H]2C(=O)NCCO[C@H]2C1. The molecule has 2 heterocycles. The van der Waals surface area contributed by atoms with Gasteiger partial charge in [-0.25, -0.2) is 4.79 Å². The first kappa shape index (κ1) is 14.1. The van der Waals surface area contributed by atoms with E-state index in [1.165, 1.54) is 0 Å². The third kappa shape index (κ3) is 3.59. The second-order valence-corrected chi connectivity index (χ2v) is 6.02. The van der Waals surface area contributed by atoms with E-state index >= 15 is 0 Å². The van der Waals surface area contributed by atoms with Crippen LogP contribution in [-0.4, -0.2) is 54.8 Å². The fourth-order valence-corrected chi connectivity index (χ4v) is 2.39. The zero-order valence-corrected chi connectivity index (χ0v) is 11.8. The van der Waals surface area contributed by atoms with Gasteiger partial charge in [-0.2, -0.15) is 0 Å². The van der Waals surface area contributed by atoms with Crippen LogP contribution in [-0.2, 0) is 14.3 Å². The standard InChI is InChI=1S/C13H22N2O4/c1-13(2,3)19-12(17)15-6-4-9-10(8-15)18-7-5-14-11(9)16/h9-10H,4-8H2,1-3H3,(H,14,16)/t9-,10+/m1/s1. The summed E-state index contributed by atoms with van der Waals surface area (Å²) >= 11 is 0. The Morgan fingerprint density at radius 3 is 2.89 bits per heavy atom. The lowest BCUT2D eigenvalue weighted by atomic mass is 9.93. The van der Waals surface area contributed by atoms with Gasteiger partial charge in [0.1, 0.15) is 5.60 Å². The van der Waals surface area contributed by atoms with E-state index in [1.807, 2.05) is 20.8 Å². The molecule has 2 atom stereocenters. The van der Waals surface area contributed by atoms with E-state index in [0.717, 1.165) is 0 Å². The van der Waals surface area contributed by atoms with Gasteiger partial charge in [0.05, 0.1) is 25.2 Å². The molecule has 2 amide bonds. The van der Waals surface area contributed by atoms with Crippen LogP contribution in [0.2, 0.25) is 0 Å². The van der Waals surface area contributed by atoms with Gasteiger partial charge in [-0.15, -0.1) is 0 Å². The Labute approximate surface area is 113 Å². The number of hydrogen-bond donors (Lipinski definition) is 1. The van der Waals surface area contributed by atoms with Crippen molar-refractivity contribution >= 4 is 12.0 Å². The molecule has 2 saturated heterocycles. The summed E-state index contributed by atoms with van der Waals surface area (Å²) < 4.78 is 11.0. The number of nitrogens with zero attached hydrogens (tertiary/aromatic N) is 1. The average Bonchev–Trinajstić information content (AvgIpc) is 2.49. The van der Waals surface area contributed by atoms with E-state index in [9.17, 15) is 9.59 Å². The largest absolute Gasteiger partial charge is 0.444 e. The summed E-state index contributed by atoms with van der Waals surface area (Å²) in [5.41, 5.74) is -0.504. The van der Waals surface area contributed by atoms with Crippen molar-refractivity contribution in [2.75, 3.05) is 26.2 Å². The van der Waals surface area contributed by atoms with Crippen molar-refractivity contribution in [1.82, 2.24) is 10.2 Å². The molecule has 0 aromatic heterocycles. The van der Waals surface area contributed by atoms with Crippen LogP contribution >= 0.6 is 0 Å². The van der Waals surface area contributed by atoms with Gasteiger partial charge in [0.2, 0.25) is 5.91 Å². The van der Waals surface area contributed by atoms with Gasteiger partial charge in [0.25, 0.3) is 0 Å². The lowest BCUT2D eigenvalue weighted by molar-refractivity contribution is -0.130. The summed E-state index contributed by atoms with van der Waals surface area (Å²) in [6, 6.07) is 0. The fourth-order valence-electron chi connectivity index (χ4n) is 2.39. The molecule has 6 heteroatoms. The third-order valence-electron chi connectivity index (χ3n) is 3.28. The number of hydrogen-bond acceptors (Lipinski definition) is 4. The smallest absolute Gasteiger partial charge is 0.410 e. The van der Waals surface area contributed by atoms with Crippen molar-refractivity contribution in [3.63, 3.8) is 0 Å². The summed E-state index contributed by atoms with van der Waals surface area (Å²) in [5, 5.41) is 2.83. The second kappa shape index (κ2) is 5.36. The Balaban J connectivity index is 1.97. The third-order valence-corrected chi connectivity index (χ3v) is 3.28. The number of carbonyl (C=O) groups excluding carboxylic acids is 2. The van der Waals surface area contributed by atoms with Gasteiger partial charge >= 0.3 is 6.09 Å². The molecule has 6 nitrogen and oxygen atoms in total. The van der Waals surface area contributed by atoms with E-state index in [-0.39, 0.29) is 24.0 Å². The van der Waals surface area contributed by atoms with Crippen molar-refractivity contribution in [2.24, 2.45) is 5.92 Å². The molecule has 2 aliphatic rings. The lowest BCUT2D eigenvalue weighted by Gasteiger charge is -2.36. The summed E-state index contributed by atoms with van der Waals surface area (Å²) in [6.45, 7) is 7.51. The van der Waals surface area contributed by atoms with Crippen molar-refractivity contribution in [3.8, 4) is 0 Å². The first-order valence-electron chi connectivity index (χ1n) is 6.74. The highest BCUT2D eigenvalue weighted by atomic mass is 16.6. The Morgan fingerprint density at radius 2 is 2.21 bits per heavy atom. The molecule has 2 aliphatic heterocycles. The maximum atomic E-state index is 12.0. The van der Waals surface area contributed by atoms with Gasteiger partial charge < -0.3 is 19.7 Å². The van der Waals surface area contributed by atoms with Crippen molar-refractivity contribution in [3.05, 3.63) is 0 Å². The zero-order valence-electron chi connectivity index (χ0n) is 11.8. The molecule has 0 unspecified atom stereocenters. The number of carbonyl (C=O) groups is 2. The molecule has 2 rings (SSSR count). The van der Waals surface area contributed by atoms with Crippen LogP contribution < -0.4 is 5.32 Å². The van der Waals surface area contributed by atoms with Gasteiger partial charge in [-0.05, 0) is 27.2 Å². The molecule has 0 aliphatic carbocycles. The Morgan fingerprint density at radius 1 is 1.47 bits per heavy atom. The zero-order chi connectivity index (χ0) is 14.0. The number of ether oxygens (including phenoxy) is 2. The predicted molar refractivity (Wildman–Crippen MR) is 68.7 cm³/mol. The van der Waals surface area contributed by atoms with Gasteiger partial charge in [0, 0.05) is 13.1 Å². The van der Waals surface area contributed by atoms with E-state index in [4.69, 9.17) is 9.47 Å². The molecule has 0 radical (unpaired) electrons. The molecule has 0 spiro atoms. The summed E-state index contributed by atoms with van der Waals surface area (Å²) in [6.07, 6.45) is 0.0680. The van der Waals surface area contributed by atoms with Crippen LogP contribution in [0.4, 0.5) is 4.79 Å². The molecule has 1 N–H and O–H groups in total. The molecule has 0 aromatic carbocycles. The first-order valence-corrected chi connectivity index (χ1v) is 6.74. The molecule has 0 saturated carbocycles. The number of rotatable bonds is 0. The predicted octanol–water partition coefficient (Wildman–Crippen LogP) is 0.758. The maximum Gasteiger partial charge on any atom is 0.410 e. The highest BCUT2D eigenvalue weighted by Gasteiger charge is 2.38. The summed E-state index contributed by atoms with van der Waals surface area (Å²) in [7, 11) is 0. The maximum absolute atomic E-state index is 12.0. The van der Waals surface area contributed by atoms with Crippen LogP contribution in [0.3, 0.4) is 0 Å². The fraction of sp³-hybridized carbons (Fsp3) is 0.846. The monoisotopic (exact) mass is 270 g/mol. The summed E-state index contributed by atoms with van der Waals surface area (Å²) in [4.78, 5) is 25.5. The Bertz CT molecular complexity index is 364. The van der Waals surface area contributed by atoms with Gasteiger partial charge in [-0.3, -0.25) is 4.79 Å². The Kier molecular flexibility index (Phi) is 3.99. The van der Waals surface area contributed by atoms with Crippen LogP contribution in [0.15, 0.2) is 0 Å². The van der Waals surface area contributed by atoms with E-state index < -0.39 is 5.60 Å². The minimum Gasteiger partial charge on any atom is -0.444 e. The molecule has 2 fully saturated rings. The van der Waals surface area contributed by atoms with Gasteiger partial charge in [-0.1, -0.05) is 0 Å². The van der Waals surface area contributed by atoms with Gasteiger partial charge in [0.15, 0.2) is 0 Å². The second-order valence-electron chi connectivity index (χ2n) is 6.02. The number of likely N-dealkylation sites (tertiary alicyclic amines) is 1. The minimum absolute atomic E-state index is 0.0336. The van der Waals surface area contributed by atoms with Crippen molar-refractivity contribution in [2.45, 2.75) is 38.9 Å². The first-order chi connectivity index (χ1) is 8.87. The van der Waals surface area contributed by atoms with Crippen LogP contribution in [0, 0.1) is 5.92 Å². The number of fused-ring (bicyclic) bond motifs is 1. The average molecular weight is 270 g/mol. The molecule has 0 bridgehead atoms. The molecule has 0 aromatic rings. The molecular weight excluding hydrogens is 248 g/mol. The number of nitrogens with one attached hydrogen (secondary N) is 1.